The molecule has 0 amide bonds. The molecule has 2 aliphatic rings. The minimum atomic E-state index is -0.470. The molecule has 2 saturated heterocycles. The van der Waals surface area contributed by atoms with Gasteiger partial charge in [-0.25, -0.2) is 0 Å². The number of benzene rings is 1. The summed E-state index contributed by atoms with van der Waals surface area (Å²) in [5, 5.41) is 3.64. The van der Waals surface area contributed by atoms with Crippen LogP contribution < -0.4 is 5.32 Å². The van der Waals surface area contributed by atoms with Gasteiger partial charge in [0.2, 0.25) is 0 Å². The maximum absolute atomic E-state index is 6.03. The molecule has 0 radical (unpaired) electrons. The minimum Gasteiger partial charge on any atom is -0.347 e. The van der Waals surface area contributed by atoms with Gasteiger partial charge in [-0.2, -0.15) is 0 Å². The van der Waals surface area contributed by atoms with Gasteiger partial charge in [0.25, 0.3) is 0 Å². The maximum Gasteiger partial charge on any atom is 0.163 e. The molecule has 19 heavy (non-hydrogen) atoms. The van der Waals surface area contributed by atoms with Gasteiger partial charge in [0.15, 0.2) is 5.79 Å². The van der Waals surface area contributed by atoms with Crippen molar-refractivity contribution >= 4 is 0 Å². The second-order valence-electron chi connectivity index (χ2n) is 6.27. The summed E-state index contributed by atoms with van der Waals surface area (Å²) < 4.78 is 11.7. The maximum atomic E-state index is 6.03. The number of ether oxygens (including phenoxy) is 2. The molecule has 3 nitrogen and oxygen atoms in total. The Morgan fingerprint density at radius 3 is 2.63 bits per heavy atom. The molecule has 0 bridgehead atoms. The van der Waals surface area contributed by atoms with Crippen LogP contribution in [-0.4, -0.2) is 18.9 Å². The zero-order valence-electron chi connectivity index (χ0n) is 12.0. The van der Waals surface area contributed by atoms with E-state index in [-0.39, 0.29) is 11.6 Å². The number of hydrogen-bond donors (Lipinski definition) is 1. The van der Waals surface area contributed by atoms with Crippen molar-refractivity contribution in [3.63, 3.8) is 0 Å². The fraction of sp³-hybridized carbons (Fsp3) is 0.625. The minimum absolute atomic E-state index is 0.0467. The molecule has 0 spiro atoms. The zero-order chi connectivity index (χ0) is 13.5. The van der Waals surface area contributed by atoms with Crippen molar-refractivity contribution in [3.8, 4) is 0 Å². The molecule has 2 aliphatic heterocycles. The van der Waals surface area contributed by atoms with Gasteiger partial charge in [-0.3, -0.25) is 0 Å². The lowest BCUT2D eigenvalue weighted by molar-refractivity contribution is -0.139. The van der Waals surface area contributed by atoms with E-state index in [2.05, 4.69) is 36.5 Å². The van der Waals surface area contributed by atoms with E-state index in [1.807, 2.05) is 13.8 Å². The first kappa shape index (κ1) is 13.1. The summed E-state index contributed by atoms with van der Waals surface area (Å²) in [6.07, 6.45) is 2.46. The lowest BCUT2D eigenvalue weighted by Crippen LogP contribution is -2.34. The van der Waals surface area contributed by atoms with E-state index in [4.69, 9.17) is 9.47 Å². The SMILES string of the molecule is CC1(C)OCC(c2ccccc2C2(C)CCCN2)O1. The second kappa shape index (κ2) is 4.58. The van der Waals surface area contributed by atoms with Crippen LogP contribution in [0.2, 0.25) is 0 Å². The highest BCUT2D eigenvalue weighted by atomic mass is 16.7. The molecular formula is C16H23NO2. The van der Waals surface area contributed by atoms with Gasteiger partial charge < -0.3 is 14.8 Å². The third-order valence-corrected chi connectivity index (χ3v) is 4.28. The van der Waals surface area contributed by atoms with Crippen LogP contribution in [0.4, 0.5) is 0 Å². The van der Waals surface area contributed by atoms with E-state index in [1.165, 1.54) is 24.0 Å². The molecule has 2 unspecified atom stereocenters. The largest absolute Gasteiger partial charge is 0.347 e. The van der Waals surface area contributed by atoms with Crippen LogP contribution in [0.3, 0.4) is 0 Å². The first-order valence-corrected chi connectivity index (χ1v) is 7.16. The summed E-state index contributed by atoms with van der Waals surface area (Å²) in [6, 6.07) is 8.61. The topological polar surface area (TPSA) is 30.5 Å². The van der Waals surface area contributed by atoms with Gasteiger partial charge in [-0.05, 0) is 51.3 Å². The van der Waals surface area contributed by atoms with Gasteiger partial charge in [-0.1, -0.05) is 24.3 Å². The first-order valence-electron chi connectivity index (χ1n) is 7.16. The Bertz CT molecular complexity index is 464. The summed E-state index contributed by atoms with van der Waals surface area (Å²) in [7, 11) is 0. The van der Waals surface area contributed by atoms with Crippen LogP contribution in [0.5, 0.6) is 0 Å². The Labute approximate surface area is 115 Å². The molecule has 0 aromatic heterocycles. The Hall–Kier alpha value is -0.900. The summed E-state index contributed by atoms with van der Waals surface area (Å²) in [4.78, 5) is 0. The molecule has 2 atom stereocenters. The molecule has 0 saturated carbocycles. The summed E-state index contributed by atoms with van der Waals surface area (Å²) in [5.41, 5.74) is 2.70. The number of nitrogens with one attached hydrogen (secondary N) is 1. The van der Waals surface area contributed by atoms with Crippen LogP contribution in [0.25, 0.3) is 0 Å². The molecule has 2 fully saturated rings. The van der Waals surface area contributed by atoms with Crippen molar-refractivity contribution in [2.24, 2.45) is 0 Å². The van der Waals surface area contributed by atoms with Crippen LogP contribution in [0.15, 0.2) is 24.3 Å². The Morgan fingerprint density at radius 1 is 1.21 bits per heavy atom. The van der Waals surface area contributed by atoms with Crippen molar-refractivity contribution in [2.75, 3.05) is 13.2 Å². The third-order valence-electron chi connectivity index (χ3n) is 4.28. The standard InChI is InChI=1S/C16H23NO2/c1-15(2)18-11-14(19-15)12-7-4-5-8-13(12)16(3)9-6-10-17-16/h4-5,7-8,14,17H,6,9-11H2,1-3H3. The smallest absolute Gasteiger partial charge is 0.163 e. The van der Waals surface area contributed by atoms with Crippen molar-refractivity contribution in [3.05, 3.63) is 35.4 Å². The molecule has 3 rings (SSSR count). The predicted molar refractivity (Wildman–Crippen MR) is 74.9 cm³/mol. The second-order valence-corrected chi connectivity index (χ2v) is 6.27. The van der Waals surface area contributed by atoms with Gasteiger partial charge in [0, 0.05) is 5.54 Å². The molecule has 1 N–H and O–H groups in total. The Kier molecular flexibility index (Phi) is 3.16. The fourth-order valence-corrected chi connectivity index (χ4v) is 3.25. The van der Waals surface area contributed by atoms with Crippen molar-refractivity contribution in [1.82, 2.24) is 5.32 Å². The normalized spacial score (nSPS) is 33.7. The van der Waals surface area contributed by atoms with E-state index in [0.717, 1.165) is 6.54 Å². The van der Waals surface area contributed by atoms with Crippen molar-refractivity contribution in [2.45, 2.75) is 51.0 Å². The predicted octanol–water partition coefficient (Wildman–Crippen LogP) is 3.11. The van der Waals surface area contributed by atoms with E-state index in [0.29, 0.717) is 6.61 Å². The highest BCUT2D eigenvalue weighted by Gasteiger charge is 2.38. The third kappa shape index (κ3) is 2.42. The quantitative estimate of drug-likeness (QED) is 0.887. The first-order chi connectivity index (χ1) is 9.00. The molecule has 104 valence electrons. The average Bonchev–Trinajstić information content (AvgIpc) is 2.96. The number of rotatable bonds is 2. The molecule has 2 heterocycles. The van der Waals surface area contributed by atoms with Gasteiger partial charge in [0.05, 0.1) is 6.61 Å². The lowest BCUT2D eigenvalue weighted by Gasteiger charge is -2.29. The molecule has 1 aromatic carbocycles. The van der Waals surface area contributed by atoms with Gasteiger partial charge in [0.1, 0.15) is 6.10 Å². The Morgan fingerprint density at radius 2 is 2.00 bits per heavy atom. The summed E-state index contributed by atoms with van der Waals surface area (Å²) >= 11 is 0. The highest BCUT2D eigenvalue weighted by molar-refractivity contribution is 5.36. The van der Waals surface area contributed by atoms with Crippen LogP contribution in [-0.2, 0) is 15.0 Å². The van der Waals surface area contributed by atoms with E-state index in [9.17, 15) is 0 Å². The van der Waals surface area contributed by atoms with E-state index >= 15 is 0 Å². The highest BCUT2D eigenvalue weighted by Crippen LogP contribution is 2.39. The average molecular weight is 261 g/mol. The molecule has 1 aromatic rings. The van der Waals surface area contributed by atoms with E-state index in [1.54, 1.807) is 0 Å². The molecular weight excluding hydrogens is 238 g/mol. The summed E-state index contributed by atoms with van der Waals surface area (Å²) in [5.74, 6) is -0.470. The van der Waals surface area contributed by atoms with Gasteiger partial charge >= 0.3 is 0 Å². The number of hydrogen-bond acceptors (Lipinski definition) is 3. The molecule has 3 heteroatoms. The van der Waals surface area contributed by atoms with Gasteiger partial charge in [-0.15, -0.1) is 0 Å². The summed E-state index contributed by atoms with van der Waals surface area (Å²) in [6.45, 7) is 7.98. The molecule has 0 aliphatic carbocycles. The Balaban J connectivity index is 1.94. The fourth-order valence-electron chi connectivity index (χ4n) is 3.25. The monoisotopic (exact) mass is 261 g/mol. The zero-order valence-corrected chi connectivity index (χ0v) is 12.0. The van der Waals surface area contributed by atoms with Crippen LogP contribution in [0.1, 0.15) is 50.8 Å². The lowest BCUT2D eigenvalue weighted by atomic mass is 9.85. The van der Waals surface area contributed by atoms with Crippen LogP contribution >= 0.6 is 0 Å². The van der Waals surface area contributed by atoms with Crippen molar-refractivity contribution < 1.29 is 9.47 Å². The van der Waals surface area contributed by atoms with Crippen LogP contribution in [0, 0.1) is 0 Å². The van der Waals surface area contributed by atoms with Crippen molar-refractivity contribution in [1.29, 1.82) is 0 Å². The van der Waals surface area contributed by atoms with E-state index < -0.39 is 5.79 Å².